The fourth-order valence-electron chi connectivity index (χ4n) is 1.26. The molecule has 0 radical (unpaired) electrons. The monoisotopic (exact) mass is 275 g/mol. The molecular formula is C11H11Cl2NOS. The van der Waals surface area contributed by atoms with Crippen molar-refractivity contribution in [3.63, 3.8) is 0 Å². The molecule has 0 heterocycles. The Morgan fingerprint density at radius 3 is 2.56 bits per heavy atom. The van der Waals surface area contributed by atoms with Crippen LogP contribution in [0.1, 0.15) is 12.8 Å². The molecule has 2 rings (SSSR count). The van der Waals surface area contributed by atoms with Crippen LogP contribution in [0, 0.1) is 0 Å². The number of benzene rings is 1. The fraction of sp³-hybridized carbons (Fsp3) is 0.364. The molecule has 1 amide bonds. The summed E-state index contributed by atoms with van der Waals surface area (Å²) in [7, 11) is 0. The summed E-state index contributed by atoms with van der Waals surface area (Å²) in [6, 6.07) is 5.73. The Labute approximate surface area is 109 Å². The molecule has 1 aliphatic carbocycles. The lowest BCUT2D eigenvalue weighted by molar-refractivity contribution is -0.118. The Kier molecular flexibility index (Phi) is 4.00. The Morgan fingerprint density at radius 1 is 1.38 bits per heavy atom. The first-order valence-corrected chi connectivity index (χ1v) is 6.77. The lowest BCUT2D eigenvalue weighted by Gasteiger charge is -2.06. The van der Waals surface area contributed by atoms with Crippen molar-refractivity contribution >= 4 is 40.9 Å². The number of carbonyl (C=O) groups excluding carboxylic acids is 1. The highest BCUT2D eigenvalue weighted by Crippen LogP contribution is 2.33. The van der Waals surface area contributed by atoms with Gasteiger partial charge in [0.15, 0.2) is 0 Å². The van der Waals surface area contributed by atoms with Crippen molar-refractivity contribution in [1.29, 1.82) is 0 Å². The molecule has 1 aromatic rings. The molecule has 1 N–H and O–H groups in total. The van der Waals surface area contributed by atoms with Crippen LogP contribution < -0.4 is 5.32 Å². The van der Waals surface area contributed by atoms with E-state index in [1.807, 2.05) is 0 Å². The van der Waals surface area contributed by atoms with E-state index in [0.717, 1.165) is 17.7 Å². The van der Waals surface area contributed by atoms with Gasteiger partial charge in [-0.15, -0.1) is 11.8 Å². The van der Waals surface area contributed by atoms with Gasteiger partial charge in [-0.2, -0.15) is 0 Å². The SMILES string of the molecule is O=C(CSc1c(Cl)cccc1Cl)NC1CC1. The van der Waals surface area contributed by atoms with Gasteiger partial charge >= 0.3 is 0 Å². The maximum atomic E-state index is 11.5. The molecule has 0 aliphatic heterocycles. The van der Waals surface area contributed by atoms with Gasteiger partial charge in [0.1, 0.15) is 0 Å². The highest BCUT2D eigenvalue weighted by molar-refractivity contribution is 8.00. The van der Waals surface area contributed by atoms with Crippen LogP contribution in [0.3, 0.4) is 0 Å². The second-order valence-corrected chi connectivity index (χ2v) is 5.48. The first kappa shape index (κ1) is 12.1. The zero-order valence-corrected chi connectivity index (χ0v) is 10.8. The van der Waals surface area contributed by atoms with Gasteiger partial charge in [0.2, 0.25) is 5.91 Å². The predicted molar refractivity (Wildman–Crippen MR) is 68.4 cm³/mol. The molecule has 1 aromatic carbocycles. The van der Waals surface area contributed by atoms with Crippen LogP contribution in [-0.2, 0) is 4.79 Å². The minimum Gasteiger partial charge on any atom is -0.353 e. The Hall–Kier alpha value is -0.380. The molecule has 0 atom stereocenters. The van der Waals surface area contributed by atoms with E-state index in [0.29, 0.717) is 21.8 Å². The summed E-state index contributed by atoms with van der Waals surface area (Å²) in [5.41, 5.74) is 0. The zero-order chi connectivity index (χ0) is 11.5. The minimum atomic E-state index is 0.0449. The molecule has 16 heavy (non-hydrogen) atoms. The van der Waals surface area contributed by atoms with Gasteiger partial charge in [-0.3, -0.25) is 4.79 Å². The topological polar surface area (TPSA) is 29.1 Å². The predicted octanol–water partition coefficient (Wildman–Crippen LogP) is 3.36. The second-order valence-electron chi connectivity index (χ2n) is 3.68. The number of hydrogen-bond donors (Lipinski definition) is 1. The Balaban J connectivity index is 1.90. The van der Waals surface area contributed by atoms with Gasteiger partial charge in [-0.1, -0.05) is 29.3 Å². The van der Waals surface area contributed by atoms with Crippen molar-refractivity contribution < 1.29 is 4.79 Å². The van der Waals surface area contributed by atoms with Crippen molar-refractivity contribution in [3.8, 4) is 0 Å². The largest absolute Gasteiger partial charge is 0.353 e. The molecule has 0 aromatic heterocycles. The molecule has 0 unspecified atom stereocenters. The maximum Gasteiger partial charge on any atom is 0.230 e. The number of thioether (sulfide) groups is 1. The first-order chi connectivity index (χ1) is 7.66. The van der Waals surface area contributed by atoms with E-state index >= 15 is 0 Å². The molecule has 0 bridgehead atoms. The van der Waals surface area contributed by atoms with Crippen LogP contribution in [0.5, 0.6) is 0 Å². The van der Waals surface area contributed by atoms with Gasteiger partial charge in [-0.05, 0) is 25.0 Å². The molecule has 86 valence electrons. The molecular weight excluding hydrogens is 265 g/mol. The second kappa shape index (κ2) is 5.30. The summed E-state index contributed by atoms with van der Waals surface area (Å²) >= 11 is 13.4. The minimum absolute atomic E-state index is 0.0449. The van der Waals surface area contributed by atoms with Crippen molar-refractivity contribution in [2.24, 2.45) is 0 Å². The maximum absolute atomic E-state index is 11.5. The number of hydrogen-bond acceptors (Lipinski definition) is 2. The average Bonchev–Trinajstić information content (AvgIpc) is 3.01. The lowest BCUT2D eigenvalue weighted by Crippen LogP contribution is -2.26. The highest BCUT2D eigenvalue weighted by atomic mass is 35.5. The zero-order valence-electron chi connectivity index (χ0n) is 8.50. The lowest BCUT2D eigenvalue weighted by atomic mass is 10.4. The van der Waals surface area contributed by atoms with Crippen LogP contribution >= 0.6 is 35.0 Å². The molecule has 1 fully saturated rings. The summed E-state index contributed by atoms with van der Waals surface area (Å²) < 4.78 is 0. The molecule has 5 heteroatoms. The van der Waals surface area contributed by atoms with Gasteiger partial charge in [0, 0.05) is 10.9 Å². The van der Waals surface area contributed by atoms with E-state index in [1.165, 1.54) is 11.8 Å². The first-order valence-electron chi connectivity index (χ1n) is 5.03. The number of rotatable bonds is 4. The third-order valence-corrected chi connectivity index (χ3v) is 4.20. The van der Waals surface area contributed by atoms with Gasteiger partial charge in [-0.25, -0.2) is 0 Å². The fourth-order valence-corrected chi connectivity index (χ4v) is 2.75. The molecule has 0 saturated heterocycles. The third-order valence-electron chi connectivity index (χ3n) is 2.21. The molecule has 0 spiro atoms. The standard InChI is InChI=1S/C11H11Cl2NOS/c12-8-2-1-3-9(13)11(8)16-6-10(15)14-7-4-5-7/h1-3,7H,4-6H2,(H,14,15). The summed E-state index contributed by atoms with van der Waals surface area (Å²) in [5.74, 6) is 0.406. The summed E-state index contributed by atoms with van der Waals surface area (Å²) in [6.07, 6.45) is 2.20. The average molecular weight is 276 g/mol. The van der Waals surface area contributed by atoms with Crippen molar-refractivity contribution in [2.45, 2.75) is 23.8 Å². The van der Waals surface area contributed by atoms with Crippen molar-refractivity contribution in [2.75, 3.05) is 5.75 Å². The van der Waals surface area contributed by atoms with Crippen LogP contribution in [0.4, 0.5) is 0 Å². The smallest absolute Gasteiger partial charge is 0.230 e. The third kappa shape index (κ3) is 3.30. The van der Waals surface area contributed by atoms with Crippen LogP contribution in [0.25, 0.3) is 0 Å². The number of nitrogens with one attached hydrogen (secondary N) is 1. The normalized spacial score (nSPS) is 14.9. The molecule has 1 saturated carbocycles. The van der Waals surface area contributed by atoms with Gasteiger partial charge < -0.3 is 5.32 Å². The van der Waals surface area contributed by atoms with Crippen LogP contribution in [-0.4, -0.2) is 17.7 Å². The number of halogens is 2. The van der Waals surface area contributed by atoms with Gasteiger partial charge in [0.05, 0.1) is 15.8 Å². The van der Waals surface area contributed by atoms with Crippen molar-refractivity contribution in [1.82, 2.24) is 5.32 Å². The van der Waals surface area contributed by atoms with Gasteiger partial charge in [0.25, 0.3) is 0 Å². The summed E-state index contributed by atoms with van der Waals surface area (Å²) in [4.78, 5) is 12.2. The van der Waals surface area contributed by atoms with E-state index < -0.39 is 0 Å². The highest BCUT2D eigenvalue weighted by Gasteiger charge is 2.23. The van der Waals surface area contributed by atoms with E-state index in [-0.39, 0.29) is 5.91 Å². The number of amides is 1. The Morgan fingerprint density at radius 2 is 2.00 bits per heavy atom. The van der Waals surface area contributed by atoms with E-state index in [9.17, 15) is 4.79 Å². The van der Waals surface area contributed by atoms with Crippen molar-refractivity contribution in [3.05, 3.63) is 28.2 Å². The Bertz CT molecular complexity index is 387. The summed E-state index contributed by atoms with van der Waals surface area (Å²) in [6.45, 7) is 0. The van der Waals surface area contributed by atoms with E-state index in [4.69, 9.17) is 23.2 Å². The van der Waals surface area contributed by atoms with Crippen LogP contribution in [0.15, 0.2) is 23.1 Å². The molecule has 1 aliphatic rings. The number of carbonyl (C=O) groups is 1. The summed E-state index contributed by atoms with van der Waals surface area (Å²) in [5, 5.41) is 4.11. The molecule has 2 nitrogen and oxygen atoms in total. The quantitative estimate of drug-likeness (QED) is 0.854. The van der Waals surface area contributed by atoms with E-state index in [1.54, 1.807) is 18.2 Å². The van der Waals surface area contributed by atoms with E-state index in [2.05, 4.69) is 5.32 Å². The van der Waals surface area contributed by atoms with Crippen LogP contribution in [0.2, 0.25) is 10.0 Å².